The lowest BCUT2D eigenvalue weighted by Crippen LogP contribution is -2.44. The monoisotopic (exact) mass is 366 g/mol. The van der Waals surface area contributed by atoms with E-state index in [4.69, 9.17) is 14.2 Å². The van der Waals surface area contributed by atoms with Crippen molar-refractivity contribution in [2.45, 2.75) is 45.7 Å². The fourth-order valence-corrected chi connectivity index (χ4v) is 3.30. The van der Waals surface area contributed by atoms with E-state index in [2.05, 4.69) is 50.3 Å². The smallest absolute Gasteiger partial charge is 0.0857 e. The largest absolute Gasteiger partial charge is 0.376 e. The summed E-state index contributed by atoms with van der Waals surface area (Å²) in [4.78, 5) is 0. The first kappa shape index (κ1) is 19.8. The molecule has 0 saturated carbocycles. The zero-order valence-corrected chi connectivity index (χ0v) is 16.3. The van der Waals surface area contributed by atoms with Gasteiger partial charge in [-0.1, -0.05) is 79.7 Å². The van der Waals surface area contributed by atoms with Gasteiger partial charge in [0.25, 0.3) is 0 Å². The summed E-state index contributed by atoms with van der Waals surface area (Å²) in [5.41, 5.74) is 2.12. The van der Waals surface area contributed by atoms with Crippen LogP contribution in [0.25, 0.3) is 0 Å². The number of hydrogen-bond acceptors (Lipinski definition) is 3. The molecule has 27 heavy (non-hydrogen) atoms. The minimum absolute atomic E-state index is 0.00667. The minimum atomic E-state index is -0.241. The number of benzene rings is 2. The van der Waals surface area contributed by atoms with Crippen LogP contribution in [0.4, 0.5) is 0 Å². The Hall–Kier alpha value is -1.94. The Labute approximate surface area is 163 Å². The van der Waals surface area contributed by atoms with E-state index in [1.165, 1.54) is 11.1 Å². The first-order chi connectivity index (χ1) is 13.2. The maximum Gasteiger partial charge on any atom is 0.0857 e. The van der Waals surface area contributed by atoms with Crippen molar-refractivity contribution >= 4 is 0 Å². The Balaban J connectivity index is 1.60. The predicted octanol–water partition coefficient (Wildman–Crippen LogP) is 5.16. The summed E-state index contributed by atoms with van der Waals surface area (Å²) < 4.78 is 18.4. The maximum atomic E-state index is 6.21. The van der Waals surface area contributed by atoms with Gasteiger partial charge in [-0.05, 0) is 24.5 Å². The van der Waals surface area contributed by atoms with Gasteiger partial charge in [0, 0.05) is 5.41 Å². The molecule has 0 saturated heterocycles. The lowest BCUT2D eigenvalue weighted by atomic mass is 9.84. The molecular formula is C24H30O3. The molecule has 0 bridgehead atoms. The zero-order valence-electron chi connectivity index (χ0n) is 16.3. The quantitative estimate of drug-likeness (QED) is 0.574. The normalized spacial score (nSPS) is 19.9. The van der Waals surface area contributed by atoms with Gasteiger partial charge >= 0.3 is 0 Å². The number of hydrogen-bond donors (Lipinski definition) is 0. The molecule has 0 radical (unpaired) electrons. The maximum absolute atomic E-state index is 6.21. The average Bonchev–Trinajstić information content (AvgIpc) is 2.70. The summed E-state index contributed by atoms with van der Waals surface area (Å²) in [5, 5.41) is 0. The van der Waals surface area contributed by atoms with Crippen molar-refractivity contribution in [2.75, 3.05) is 13.2 Å². The number of rotatable bonds is 9. The lowest BCUT2D eigenvalue weighted by molar-refractivity contribution is -0.116. The Bertz CT molecular complexity index is 651. The van der Waals surface area contributed by atoms with Crippen LogP contribution in [-0.4, -0.2) is 25.4 Å². The topological polar surface area (TPSA) is 27.7 Å². The first-order valence-electron chi connectivity index (χ1n) is 9.71. The highest BCUT2D eigenvalue weighted by Crippen LogP contribution is 2.31. The van der Waals surface area contributed by atoms with E-state index in [0.717, 1.165) is 6.42 Å². The highest BCUT2D eigenvalue weighted by molar-refractivity contribution is 5.14. The van der Waals surface area contributed by atoms with E-state index in [-0.39, 0.29) is 17.6 Å². The summed E-state index contributed by atoms with van der Waals surface area (Å²) in [7, 11) is 0. The van der Waals surface area contributed by atoms with Crippen LogP contribution in [0, 0.1) is 5.41 Å². The first-order valence-corrected chi connectivity index (χ1v) is 9.71. The molecule has 2 aromatic rings. The molecule has 1 aliphatic rings. The third-order valence-corrected chi connectivity index (χ3v) is 4.93. The van der Waals surface area contributed by atoms with Crippen LogP contribution in [0.1, 0.15) is 31.4 Å². The molecule has 3 nitrogen and oxygen atoms in total. The highest BCUT2D eigenvalue weighted by Gasteiger charge is 2.36. The molecule has 0 N–H and O–H groups in total. The third kappa shape index (κ3) is 6.03. The zero-order chi connectivity index (χ0) is 19.0. The molecule has 0 fully saturated rings. The molecule has 1 heterocycles. The van der Waals surface area contributed by atoms with E-state index < -0.39 is 0 Å². The second kappa shape index (κ2) is 9.84. The number of ether oxygens (including phenoxy) is 3. The lowest BCUT2D eigenvalue weighted by Gasteiger charge is -2.38. The Morgan fingerprint density at radius 3 is 1.89 bits per heavy atom. The highest BCUT2D eigenvalue weighted by atomic mass is 16.5. The molecule has 3 rings (SSSR count). The average molecular weight is 367 g/mol. The van der Waals surface area contributed by atoms with Crippen LogP contribution in [0.5, 0.6) is 0 Å². The standard InChI is InChI=1S/C24H30O3/c1-20-10-9-15-23(27-20)24(2,18-25-16-21-11-5-3-6-12-21)19-26-17-22-13-7-4-8-14-22/h3-9,11-15,20,23H,10,16-19H2,1-2H3/t20-,23-/m0/s1. The Kier molecular flexibility index (Phi) is 7.22. The van der Waals surface area contributed by atoms with Gasteiger partial charge in [-0.15, -0.1) is 0 Å². The van der Waals surface area contributed by atoms with Crippen LogP contribution in [-0.2, 0) is 27.4 Å². The van der Waals surface area contributed by atoms with E-state index in [0.29, 0.717) is 26.4 Å². The summed E-state index contributed by atoms with van der Waals surface area (Å²) >= 11 is 0. The fraction of sp³-hybridized carbons (Fsp3) is 0.417. The van der Waals surface area contributed by atoms with Crippen molar-refractivity contribution in [2.24, 2.45) is 5.41 Å². The van der Waals surface area contributed by atoms with E-state index in [1.54, 1.807) is 0 Å². The van der Waals surface area contributed by atoms with Gasteiger partial charge in [0.05, 0.1) is 38.6 Å². The van der Waals surface area contributed by atoms with Crippen LogP contribution < -0.4 is 0 Å². The van der Waals surface area contributed by atoms with E-state index in [9.17, 15) is 0 Å². The molecule has 0 aliphatic carbocycles. The van der Waals surface area contributed by atoms with Gasteiger partial charge in [0.2, 0.25) is 0 Å². The van der Waals surface area contributed by atoms with Crippen LogP contribution in [0.2, 0.25) is 0 Å². The molecule has 2 atom stereocenters. The second-order valence-corrected chi connectivity index (χ2v) is 7.64. The molecule has 0 spiro atoms. The van der Waals surface area contributed by atoms with Crippen molar-refractivity contribution < 1.29 is 14.2 Å². The van der Waals surface area contributed by atoms with Crippen LogP contribution >= 0.6 is 0 Å². The molecule has 144 valence electrons. The molecule has 0 aromatic heterocycles. The van der Waals surface area contributed by atoms with Crippen molar-refractivity contribution in [3.8, 4) is 0 Å². The predicted molar refractivity (Wildman–Crippen MR) is 108 cm³/mol. The van der Waals surface area contributed by atoms with E-state index in [1.807, 2.05) is 36.4 Å². The molecule has 0 amide bonds. The SMILES string of the molecule is C[C@H]1CC=C[C@@H](C(C)(COCc2ccccc2)COCc2ccccc2)O1. The van der Waals surface area contributed by atoms with Gasteiger partial charge in [-0.3, -0.25) is 0 Å². The van der Waals surface area contributed by atoms with Crippen molar-refractivity contribution in [3.05, 3.63) is 83.9 Å². The van der Waals surface area contributed by atoms with Crippen LogP contribution in [0.3, 0.4) is 0 Å². The van der Waals surface area contributed by atoms with Crippen molar-refractivity contribution in [3.63, 3.8) is 0 Å². The molecule has 0 unspecified atom stereocenters. The summed E-state index contributed by atoms with van der Waals surface area (Å²) in [6.07, 6.45) is 5.56. The van der Waals surface area contributed by atoms with Gasteiger partial charge < -0.3 is 14.2 Å². The summed E-state index contributed by atoms with van der Waals surface area (Å²) in [5.74, 6) is 0. The van der Waals surface area contributed by atoms with E-state index >= 15 is 0 Å². The van der Waals surface area contributed by atoms with Gasteiger partial charge in [-0.2, -0.15) is 0 Å². The molecular weight excluding hydrogens is 336 g/mol. The summed E-state index contributed by atoms with van der Waals surface area (Å²) in [6, 6.07) is 20.5. The molecule has 1 aliphatic heterocycles. The van der Waals surface area contributed by atoms with Gasteiger partial charge in [0.1, 0.15) is 0 Å². The van der Waals surface area contributed by atoms with Crippen LogP contribution in [0.15, 0.2) is 72.8 Å². The molecule has 3 heteroatoms. The minimum Gasteiger partial charge on any atom is -0.376 e. The Morgan fingerprint density at radius 2 is 1.41 bits per heavy atom. The summed E-state index contributed by atoms with van der Waals surface area (Å²) in [6.45, 7) is 6.67. The third-order valence-electron chi connectivity index (χ3n) is 4.93. The van der Waals surface area contributed by atoms with Crippen molar-refractivity contribution in [1.29, 1.82) is 0 Å². The molecule has 2 aromatic carbocycles. The second-order valence-electron chi connectivity index (χ2n) is 7.64. The van der Waals surface area contributed by atoms with Gasteiger partial charge in [0.15, 0.2) is 0 Å². The van der Waals surface area contributed by atoms with Crippen molar-refractivity contribution in [1.82, 2.24) is 0 Å². The fourth-order valence-electron chi connectivity index (χ4n) is 3.30. The Morgan fingerprint density at radius 1 is 0.889 bits per heavy atom. The van der Waals surface area contributed by atoms with Gasteiger partial charge in [-0.25, -0.2) is 0 Å².